The second-order valence-electron chi connectivity index (χ2n) is 4.02. The van der Waals surface area contributed by atoms with Gasteiger partial charge < -0.3 is 20.1 Å². The highest BCUT2D eigenvalue weighted by atomic mass is 19.1. The minimum Gasteiger partial charge on any atom is -0.475 e. The van der Waals surface area contributed by atoms with Gasteiger partial charge in [0.15, 0.2) is 0 Å². The molecule has 1 heterocycles. The summed E-state index contributed by atoms with van der Waals surface area (Å²) in [5.74, 6) is -1.94. The van der Waals surface area contributed by atoms with Crippen LogP contribution in [0.25, 0.3) is 0 Å². The maximum atomic E-state index is 13.6. The topological polar surface area (TPSA) is 121 Å². The van der Waals surface area contributed by atoms with E-state index in [4.69, 9.17) is 9.84 Å². The predicted molar refractivity (Wildman–Crippen MR) is 67.4 cm³/mol. The van der Waals surface area contributed by atoms with E-state index in [0.29, 0.717) is 0 Å². The van der Waals surface area contributed by atoms with Crippen molar-refractivity contribution in [2.75, 3.05) is 11.9 Å². The van der Waals surface area contributed by atoms with Crippen LogP contribution in [0.2, 0.25) is 0 Å². The first-order valence-corrected chi connectivity index (χ1v) is 5.62. The minimum atomic E-state index is -1.48. The molecule has 110 valence electrons. The molecule has 0 saturated carbocycles. The highest BCUT2D eigenvalue weighted by molar-refractivity contribution is 5.82. The number of hydrogen-bond acceptors (Lipinski definition) is 4. The zero-order valence-corrected chi connectivity index (χ0v) is 10.8. The van der Waals surface area contributed by atoms with Gasteiger partial charge in [-0.3, -0.25) is 14.9 Å². The van der Waals surface area contributed by atoms with E-state index in [9.17, 15) is 18.8 Å². The van der Waals surface area contributed by atoms with E-state index in [1.54, 1.807) is 12.2 Å². The van der Waals surface area contributed by atoms with Crippen molar-refractivity contribution in [3.8, 4) is 5.88 Å². The van der Waals surface area contributed by atoms with Gasteiger partial charge in [-0.2, -0.15) is 4.39 Å². The van der Waals surface area contributed by atoms with Gasteiger partial charge >= 0.3 is 6.09 Å². The number of hydrogen-bond donors (Lipinski definition) is 4. The highest BCUT2D eigenvalue weighted by Gasteiger charge is 2.15. The normalized spacial score (nSPS) is 11.6. The number of aromatic amines is 1. The molecule has 0 fully saturated rings. The van der Waals surface area contributed by atoms with Crippen LogP contribution in [0.3, 0.4) is 0 Å². The van der Waals surface area contributed by atoms with Crippen LogP contribution >= 0.6 is 0 Å². The number of nitrogens with one attached hydrogen (secondary N) is 3. The van der Waals surface area contributed by atoms with Crippen molar-refractivity contribution >= 4 is 17.7 Å². The van der Waals surface area contributed by atoms with Crippen LogP contribution in [0.1, 0.15) is 13.8 Å². The van der Waals surface area contributed by atoms with Crippen LogP contribution in [0, 0.1) is 5.82 Å². The molecule has 8 nitrogen and oxygen atoms in total. The zero-order valence-electron chi connectivity index (χ0n) is 10.8. The lowest BCUT2D eigenvalue weighted by molar-refractivity contribution is -0.119. The molecule has 9 heteroatoms. The summed E-state index contributed by atoms with van der Waals surface area (Å²) in [5.41, 5.74) is -1.58. The molecule has 1 atom stereocenters. The van der Waals surface area contributed by atoms with Crippen LogP contribution in [0.4, 0.5) is 14.9 Å². The number of amides is 2. The number of rotatable bonds is 5. The van der Waals surface area contributed by atoms with Gasteiger partial charge in [-0.1, -0.05) is 0 Å². The van der Waals surface area contributed by atoms with Gasteiger partial charge in [0.1, 0.15) is 12.3 Å². The molecule has 1 aromatic rings. The molecule has 2 amide bonds. The fourth-order valence-electron chi connectivity index (χ4n) is 1.40. The smallest absolute Gasteiger partial charge is 0.409 e. The van der Waals surface area contributed by atoms with Crippen molar-refractivity contribution in [2.24, 2.45) is 0 Å². The molecule has 0 bridgehead atoms. The second kappa shape index (κ2) is 6.55. The Kier molecular flexibility index (Phi) is 5.07. The number of carbonyl (C=O) groups is 2. The summed E-state index contributed by atoms with van der Waals surface area (Å²) in [6, 6.07) is -0.382. The molecular formula is C11H14FN3O5. The minimum absolute atomic E-state index is 0.0574. The Morgan fingerprint density at radius 3 is 2.75 bits per heavy atom. The Morgan fingerprint density at radius 1 is 1.55 bits per heavy atom. The third-order valence-corrected chi connectivity index (χ3v) is 2.16. The van der Waals surface area contributed by atoms with Crippen molar-refractivity contribution in [3.63, 3.8) is 0 Å². The maximum Gasteiger partial charge on any atom is 0.409 e. The fraction of sp³-hybridized carbons (Fsp3) is 0.364. The van der Waals surface area contributed by atoms with Gasteiger partial charge in [0, 0.05) is 13.1 Å². The highest BCUT2D eigenvalue weighted by Crippen LogP contribution is 2.12. The van der Waals surface area contributed by atoms with E-state index in [-0.39, 0.29) is 18.6 Å². The lowest BCUT2D eigenvalue weighted by Gasteiger charge is -2.14. The third-order valence-electron chi connectivity index (χ3n) is 2.16. The predicted octanol–water partition coefficient (Wildman–Crippen LogP) is 0.507. The zero-order chi connectivity index (χ0) is 15.3. The van der Waals surface area contributed by atoms with E-state index < -0.39 is 28.9 Å². The number of anilines is 1. The third kappa shape index (κ3) is 4.26. The average molecular weight is 287 g/mol. The maximum absolute atomic E-state index is 13.6. The Balaban J connectivity index is 2.78. The van der Waals surface area contributed by atoms with E-state index in [1.807, 2.05) is 0 Å². The molecule has 0 radical (unpaired) electrons. The molecule has 0 saturated heterocycles. The molecule has 1 rings (SSSR count). The molecule has 0 aliphatic carbocycles. The van der Waals surface area contributed by atoms with Gasteiger partial charge in [0.2, 0.25) is 23.0 Å². The summed E-state index contributed by atoms with van der Waals surface area (Å²) < 4.78 is 18.7. The van der Waals surface area contributed by atoms with Crippen LogP contribution in [0.15, 0.2) is 11.0 Å². The number of halogens is 1. The van der Waals surface area contributed by atoms with E-state index in [2.05, 4.69) is 10.3 Å². The Labute approximate surface area is 112 Å². The molecule has 0 aliphatic heterocycles. The Hall–Kier alpha value is -2.58. The number of ether oxygens (including phenoxy) is 1. The van der Waals surface area contributed by atoms with Crippen molar-refractivity contribution < 1.29 is 23.8 Å². The lowest BCUT2D eigenvalue weighted by Crippen LogP contribution is -2.35. The first-order valence-electron chi connectivity index (χ1n) is 5.62. The summed E-state index contributed by atoms with van der Waals surface area (Å²) in [4.78, 5) is 34.9. The van der Waals surface area contributed by atoms with Crippen LogP contribution in [-0.4, -0.2) is 34.7 Å². The van der Waals surface area contributed by atoms with Crippen LogP contribution in [0.5, 0.6) is 5.88 Å². The van der Waals surface area contributed by atoms with Crippen molar-refractivity contribution in [3.05, 3.63) is 22.2 Å². The molecule has 4 N–H and O–H groups in total. The lowest BCUT2D eigenvalue weighted by atomic mass is 10.3. The summed E-state index contributed by atoms with van der Waals surface area (Å²) in [7, 11) is 0. The Morgan fingerprint density at radius 2 is 2.20 bits per heavy atom. The van der Waals surface area contributed by atoms with Crippen molar-refractivity contribution in [2.45, 2.75) is 19.9 Å². The summed E-state index contributed by atoms with van der Waals surface area (Å²) >= 11 is 0. The molecular weight excluding hydrogens is 273 g/mol. The van der Waals surface area contributed by atoms with E-state index >= 15 is 0 Å². The molecule has 0 unspecified atom stereocenters. The van der Waals surface area contributed by atoms with Gasteiger partial charge in [0.25, 0.3) is 0 Å². The van der Waals surface area contributed by atoms with Crippen LogP contribution < -0.4 is 20.8 Å². The van der Waals surface area contributed by atoms with Crippen molar-refractivity contribution in [1.82, 2.24) is 10.3 Å². The van der Waals surface area contributed by atoms with Crippen LogP contribution in [-0.2, 0) is 4.79 Å². The Bertz CT molecular complexity index is 572. The summed E-state index contributed by atoms with van der Waals surface area (Å²) in [5, 5.41) is 12.7. The second-order valence-corrected chi connectivity index (χ2v) is 4.02. The number of carbonyl (C=O) groups excluding carboxylic acids is 1. The largest absolute Gasteiger partial charge is 0.475 e. The number of carboxylic acid groups (broad SMARTS) is 1. The molecule has 20 heavy (non-hydrogen) atoms. The SMILES string of the molecule is CC(=O)N[C@@H](C)COc1[nH]cc(NC(=O)O)c(=O)c1F. The molecule has 0 aromatic carbocycles. The van der Waals surface area contributed by atoms with Crippen molar-refractivity contribution in [1.29, 1.82) is 0 Å². The summed E-state index contributed by atoms with van der Waals surface area (Å²) in [6.07, 6.45) is -0.499. The van der Waals surface area contributed by atoms with Gasteiger partial charge in [-0.05, 0) is 6.92 Å². The number of aromatic nitrogens is 1. The monoisotopic (exact) mass is 287 g/mol. The van der Waals surface area contributed by atoms with Gasteiger partial charge in [0.05, 0.1) is 6.04 Å². The number of pyridine rings is 1. The average Bonchev–Trinajstić information content (AvgIpc) is 2.33. The van der Waals surface area contributed by atoms with Gasteiger partial charge in [-0.15, -0.1) is 0 Å². The molecule has 0 spiro atoms. The fourth-order valence-corrected chi connectivity index (χ4v) is 1.40. The van der Waals surface area contributed by atoms with E-state index in [1.165, 1.54) is 6.92 Å². The van der Waals surface area contributed by atoms with E-state index in [0.717, 1.165) is 6.20 Å². The molecule has 1 aromatic heterocycles. The number of H-pyrrole nitrogens is 1. The standard InChI is InChI=1S/C11H14FN3O5/c1-5(14-6(2)16)4-20-10-8(12)9(17)7(3-13-10)15-11(18)19/h3,5,15H,4H2,1-2H3,(H,13,17)(H,14,16)(H,18,19)/t5-/m0/s1. The quantitative estimate of drug-likeness (QED) is 0.628. The first kappa shape index (κ1) is 15.5. The molecule has 0 aliphatic rings. The summed E-state index contributed by atoms with van der Waals surface area (Å²) in [6.45, 7) is 2.90. The first-order chi connectivity index (χ1) is 9.31. The van der Waals surface area contributed by atoms with Gasteiger partial charge in [-0.25, -0.2) is 4.79 Å².